The van der Waals surface area contributed by atoms with Crippen molar-refractivity contribution < 1.29 is 14.3 Å². The number of hydrogen-bond acceptors (Lipinski definition) is 3. The minimum Gasteiger partial charge on any atom is -0.451 e. The molecule has 0 aromatic rings. The SMILES string of the molecule is CC[C@@H]1CC2=CC(=O)CC[C@@H]2C2CC[C@@]3(C)C(C21)[C@@H]1C[C@@H]1[C@@]31C=CC(=O)O1. The summed E-state index contributed by atoms with van der Waals surface area (Å²) in [4.78, 5) is 24.1. The van der Waals surface area contributed by atoms with Crippen LogP contribution in [0.15, 0.2) is 23.8 Å². The van der Waals surface area contributed by atoms with Crippen LogP contribution in [-0.2, 0) is 14.3 Å². The summed E-state index contributed by atoms with van der Waals surface area (Å²) >= 11 is 0. The third-order valence-corrected chi connectivity index (χ3v) is 9.73. The molecule has 1 spiro atoms. The number of allylic oxidation sites excluding steroid dienone is 1. The lowest BCUT2D eigenvalue weighted by Gasteiger charge is -2.59. The smallest absolute Gasteiger partial charge is 0.331 e. The first-order valence-electron chi connectivity index (χ1n) is 11.1. The fourth-order valence-electron chi connectivity index (χ4n) is 8.73. The molecule has 1 heterocycles. The number of rotatable bonds is 1. The fourth-order valence-corrected chi connectivity index (χ4v) is 8.73. The average molecular weight is 367 g/mol. The van der Waals surface area contributed by atoms with E-state index < -0.39 is 0 Å². The van der Waals surface area contributed by atoms with E-state index in [9.17, 15) is 9.59 Å². The summed E-state index contributed by atoms with van der Waals surface area (Å²) in [5, 5.41) is 0. The Bertz CT molecular complexity index is 793. The molecule has 0 bridgehead atoms. The monoisotopic (exact) mass is 366 g/mol. The Hall–Kier alpha value is -1.38. The van der Waals surface area contributed by atoms with Gasteiger partial charge in [-0.15, -0.1) is 0 Å². The quantitative estimate of drug-likeness (QED) is 0.643. The standard InChI is InChI=1S/C24H30O3/c1-3-13-10-14-11-15(25)4-5-16(14)17-6-8-23(2)22(21(13)17)18-12-19(18)24(23)9-7-20(26)27-24/h7,9,11,13,16-19,21-22H,3-6,8,10,12H2,1-2H3/t13-,16+,17?,18-,19+,21?,22?,23+,24+/m1/s1. The number of ether oxygens (including phenoxy) is 1. The lowest BCUT2D eigenvalue weighted by molar-refractivity contribution is -0.170. The second-order valence-corrected chi connectivity index (χ2v) is 10.5. The normalized spacial score (nSPS) is 54.7. The van der Waals surface area contributed by atoms with Gasteiger partial charge >= 0.3 is 5.97 Å². The van der Waals surface area contributed by atoms with Gasteiger partial charge in [0.1, 0.15) is 5.60 Å². The highest BCUT2D eigenvalue weighted by Gasteiger charge is 2.78. The van der Waals surface area contributed by atoms with Gasteiger partial charge in [-0.2, -0.15) is 0 Å². The van der Waals surface area contributed by atoms with Gasteiger partial charge in [-0.05, 0) is 79.8 Å². The Morgan fingerprint density at radius 2 is 2.07 bits per heavy atom. The van der Waals surface area contributed by atoms with E-state index in [1.54, 1.807) is 6.08 Å². The average Bonchev–Trinajstić information content (AvgIpc) is 3.29. The van der Waals surface area contributed by atoms with Crippen molar-refractivity contribution >= 4 is 11.8 Å². The zero-order valence-electron chi connectivity index (χ0n) is 16.4. The van der Waals surface area contributed by atoms with Crippen LogP contribution in [0.4, 0.5) is 0 Å². The third-order valence-electron chi connectivity index (χ3n) is 9.73. The Labute approximate surface area is 161 Å². The van der Waals surface area contributed by atoms with Crippen molar-refractivity contribution in [2.75, 3.05) is 0 Å². The van der Waals surface area contributed by atoms with Gasteiger partial charge in [0.15, 0.2) is 5.78 Å². The molecule has 5 aliphatic carbocycles. The van der Waals surface area contributed by atoms with Crippen molar-refractivity contribution in [3.05, 3.63) is 23.8 Å². The molecule has 9 atom stereocenters. The van der Waals surface area contributed by atoms with Gasteiger partial charge in [0.25, 0.3) is 0 Å². The molecule has 1 aliphatic heterocycles. The molecule has 3 unspecified atom stereocenters. The van der Waals surface area contributed by atoms with Crippen molar-refractivity contribution in [1.29, 1.82) is 0 Å². The zero-order chi connectivity index (χ0) is 18.6. The van der Waals surface area contributed by atoms with Gasteiger partial charge < -0.3 is 4.74 Å². The molecule has 3 nitrogen and oxygen atoms in total. The molecule has 0 N–H and O–H groups in total. The van der Waals surface area contributed by atoms with Crippen LogP contribution in [0.25, 0.3) is 0 Å². The molecule has 0 aromatic carbocycles. The molecular weight excluding hydrogens is 336 g/mol. The topological polar surface area (TPSA) is 43.4 Å². The van der Waals surface area contributed by atoms with Gasteiger partial charge in [-0.3, -0.25) is 4.79 Å². The van der Waals surface area contributed by atoms with Crippen molar-refractivity contribution in [1.82, 2.24) is 0 Å². The van der Waals surface area contributed by atoms with E-state index in [0.717, 1.165) is 43.4 Å². The van der Waals surface area contributed by atoms with Crippen LogP contribution in [0.5, 0.6) is 0 Å². The Morgan fingerprint density at radius 1 is 1.22 bits per heavy atom. The van der Waals surface area contributed by atoms with Crippen molar-refractivity contribution in [3.8, 4) is 0 Å². The summed E-state index contributed by atoms with van der Waals surface area (Å²) in [7, 11) is 0. The number of esters is 1. The molecule has 144 valence electrons. The van der Waals surface area contributed by atoms with Gasteiger partial charge in [0.2, 0.25) is 0 Å². The summed E-state index contributed by atoms with van der Waals surface area (Å²) in [5.41, 5.74) is 1.25. The van der Waals surface area contributed by atoms with E-state index in [4.69, 9.17) is 4.74 Å². The summed E-state index contributed by atoms with van der Waals surface area (Å²) < 4.78 is 6.10. The first-order chi connectivity index (χ1) is 13.0. The molecule has 4 saturated carbocycles. The van der Waals surface area contributed by atoms with Crippen LogP contribution >= 0.6 is 0 Å². The number of hydrogen-bond donors (Lipinski definition) is 0. The maximum atomic E-state index is 12.1. The Balaban J connectivity index is 1.42. The fraction of sp³-hybridized carbons (Fsp3) is 0.750. The summed E-state index contributed by atoms with van der Waals surface area (Å²) in [6.45, 7) is 4.77. The predicted octanol–water partition coefficient (Wildman–Crippen LogP) is 4.47. The van der Waals surface area contributed by atoms with Gasteiger partial charge in [-0.1, -0.05) is 25.8 Å². The predicted molar refractivity (Wildman–Crippen MR) is 102 cm³/mol. The highest BCUT2D eigenvalue weighted by Crippen LogP contribution is 2.78. The highest BCUT2D eigenvalue weighted by molar-refractivity contribution is 5.91. The second-order valence-electron chi connectivity index (χ2n) is 10.5. The van der Waals surface area contributed by atoms with Gasteiger partial charge in [0, 0.05) is 23.8 Å². The maximum absolute atomic E-state index is 12.1. The Morgan fingerprint density at radius 3 is 2.81 bits per heavy atom. The van der Waals surface area contributed by atoms with Crippen molar-refractivity contribution in [2.24, 2.45) is 46.8 Å². The zero-order valence-corrected chi connectivity index (χ0v) is 16.4. The molecule has 0 radical (unpaired) electrons. The van der Waals surface area contributed by atoms with E-state index in [1.807, 2.05) is 6.08 Å². The maximum Gasteiger partial charge on any atom is 0.331 e. The number of carbonyl (C=O) groups is 2. The third kappa shape index (κ3) is 1.89. The van der Waals surface area contributed by atoms with Crippen LogP contribution in [0.1, 0.15) is 58.8 Å². The number of ketones is 1. The van der Waals surface area contributed by atoms with Crippen LogP contribution in [-0.4, -0.2) is 17.4 Å². The van der Waals surface area contributed by atoms with E-state index in [-0.39, 0.29) is 17.0 Å². The highest BCUT2D eigenvalue weighted by atomic mass is 16.6. The van der Waals surface area contributed by atoms with Crippen molar-refractivity contribution in [2.45, 2.75) is 64.4 Å². The second kappa shape index (κ2) is 5.15. The molecular formula is C24H30O3. The molecule has 0 aromatic heterocycles. The van der Waals surface area contributed by atoms with E-state index in [1.165, 1.54) is 24.8 Å². The first-order valence-corrected chi connectivity index (χ1v) is 11.1. The molecule has 4 fully saturated rings. The number of fused-ring (bicyclic) bond motifs is 9. The largest absolute Gasteiger partial charge is 0.451 e. The summed E-state index contributed by atoms with van der Waals surface area (Å²) in [6, 6.07) is 0. The molecule has 6 rings (SSSR count). The first kappa shape index (κ1) is 16.6. The molecule has 0 amide bonds. The summed E-state index contributed by atoms with van der Waals surface area (Å²) in [5.74, 6) is 4.99. The lowest BCUT2D eigenvalue weighted by Crippen LogP contribution is -2.56. The Kier molecular flexibility index (Phi) is 3.16. The van der Waals surface area contributed by atoms with Gasteiger partial charge in [-0.25, -0.2) is 4.79 Å². The van der Waals surface area contributed by atoms with Crippen LogP contribution in [0, 0.1) is 46.8 Å². The lowest BCUT2D eigenvalue weighted by atomic mass is 9.46. The molecule has 6 aliphatic rings. The van der Waals surface area contributed by atoms with Crippen LogP contribution in [0.3, 0.4) is 0 Å². The van der Waals surface area contributed by atoms with Crippen LogP contribution < -0.4 is 0 Å². The van der Waals surface area contributed by atoms with Gasteiger partial charge in [0.05, 0.1) is 0 Å². The summed E-state index contributed by atoms with van der Waals surface area (Å²) in [6.07, 6.45) is 13.6. The van der Waals surface area contributed by atoms with E-state index in [0.29, 0.717) is 29.5 Å². The van der Waals surface area contributed by atoms with Crippen molar-refractivity contribution in [3.63, 3.8) is 0 Å². The number of carbonyl (C=O) groups excluding carboxylic acids is 2. The molecule has 3 heteroatoms. The van der Waals surface area contributed by atoms with E-state index >= 15 is 0 Å². The molecule has 27 heavy (non-hydrogen) atoms. The van der Waals surface area contributed by atoms with Crippen LogP contribution in [0.2, 0.25) is 0 Å². The molecule has 0 saturated heterocycles. The minimum absolute atomic E-state index is 0.101. The van der Waals surface area contributed by atoms with E-state index in [2.05, 4.69) is 19.9 Å². The minimum atomic E-state index is -0.318.